The highest BCUT2D eigenvalue weighted by Gasteiger charge is 2.36. The summed E-state index contributed by atoms with van der Waals surface area (Å²) in [6.45, 7) is 8.53. The van der Waals surface area contributed by atoms with Crippen LogP contribution in [0.5, 0.6) is 0 Å². The monoisotopic (exact) mass is 446 g/mol. The van der Waals surface area contributed by atoms with Crippen LogP contribution in [-0.2, 0) is 25.8 Å². The molecule has 0 aliphatic carbocycles. The second-order valence-corrected chi connectivity index (χ2v) is 8.77. The van der Waals surface area contributed by atoms with Gasteiger partial charge in [0.1, 0.15) is 5.69 Å². The molecule has 172 valence electrons. The molecule has 1 saturated heterocycles. The van der Waals surface area contributed by atoms with E-state index in [1.807, 2.05) is 24.7 Å². The molecule has 0 N–H and O–H groups in total. The zero-order valence-corrected chi connectivity index (χ0v) is 18.7. The van der Waals surface area contributed by atoms with Crippen molar-refractivity contribution in [2.24, 2.45) is 0 Å². The topological polar surface area (TPSA) is 43.1 Å². The number of nitrogens with zero attached hydrogens (tertiary/aromatic N) is 4. The summed E-state index contributed by atoms with van der Waals surface area (Å²) in [6.07, 6.45) is 0.0242. The lowest BCUT2D eigenvalue weighted by Gasteiger charge is -2.28. The molecular formula is C24H29F3N4O. The second-order valence-electron chi connectivity index (χ2n) is 8.77. The van der Waals surface area contributed by atoms with E-state index in [1.165, 1.54) is 4.57 Å². The molecule has 5 nitrogen and oxygen atoms in total. The molecular weight excluding hydrogens is 417 g/mol. The summed E-state index contributed by atoms with van der Waals surface area (Å²) in [5.41, 5.74) is 1.95. The van der Waals surface area contributed by atoms with Gasteiger partial charge in [0.2, 0.25) is 0 Å². The summed E-state index contributed by atoms with van der Waals surface area (Å²) in [4.78, 5) is 14.7. The van der Waals surface area contributed by atoms with E-state index in [4.69, 9.17) is 0 Å². The first-order valence-electron chi connectivity index (χ1n) is 11.2. The molecule has 8 heteroatoms. The Balaban J connectivity index is 1.69. The average Bonchev–Trinajstić information content (AvgIpc) is 3.31. The van der Waals surface area contributed by atoms with Crippen molar-refractivity contribution in [2.75, 3.05) is 6.54 Å². The van der Waals surface area contributed by atoms with Crippen LogP contribution in [0.1, 0.15) is 48.7 Å². The van der Waals surface area contributed by atoms with Gasteiger partial charge in [-0.25, -0.2) is 0 Å². The lowest BCUT2D eigenvalue weighted by Crippen LogP contribution is -2.35. The van der Waals surface area contributed by atoms with Gasteiger partial charge in [0.25, 0.3) is 0 Å². The van der Waals surface area contributed by atoms with Gasteiger partial charge in [-0.05, 0) is 51.8 Å². The van der Waals surface area contributed by atoms with E-state index in [0.717, 1.165) is 55.2 Å². The first-order chi connectivity index (χ1) is 15.2. The number of alkyl halides is 3. The standard InChI is InChI=1S/C24H29F3N4O/c1-4-9-31-17(3)18(13-28-31)14-29-10-5-6-19(29)15-30-21-8-7-16(2)11-20(21)22(32)12-23(30)24(25,26)27/h7-8,11-13,19H,4-6,9-10,14-15H2,1-3H3. The number of aryl methyl sites for hydroxylation is 2. The summed E-state index contributed by atoms with van der Waals surface area (Å²) in [7, 11) is 0. The van der Waals surface area contributed by atoms with Gasteiger partial charge in [0.15, 0.2) is 5.43 Å². The number of hydrogen-bond acceptors (Lipinski definition) is 3. The van der Waals surface area contributed by atoms with Gasteiger partial charge in [0.05, 0.1) is 11.7 Å². The minimum atomic E-state index is -4.60. The first-order valence-corrected chi connectivity index (χ1v) is 11.2. The van der Waals surface area contributed by atoms with Crippen LogP contribution in [0.4, 0.5) is 13.2 Å². The largest absolute Gasteiger partial charge is 0.431 e. The van der Waals surface area contributed by atoms with Crippen molar-refractivity contribution in [2.45, 2.75) is 71.9 Å². The summed E-state index contributed by atoms with van der Waals surface area (Å²) in [5, 5.41) is 4.80. The Labute approximate surface area is 185 Å². The summed E-state index contributed by atoms with van der Waals surface area (Å²) < 4.78 is 45.0. The van der Waals surface area contributed by atoms with E-state index in [2.05, 4.69) is 16.9 Å². The van der Waals surface area contributed by atoms with Crippen molar-refractivity contribution < 1.29 is 13.2 Å². The molecule has 0 radical (unpaired) electrons. The smallest absolute Gasteiger partial charge is 0.335 e. The van der Waals surface area contributed by atoms with Crippen LogP contribution in [0.25, 0.3) is 10.9 Å². The zero-order chi connectivity index (χ0) is 23.0. The number of fused-ring (bicyclic) bond motifs is 1. The molecule has 2 aromatic heterocycles. The predicted octanol–water partition coefficient (Wildman–Crippen LogP) is 4.91. The lowest BCUT2D eigenvalue weighted by molar-refractivity contribution is -0.144. The molecule has 32 heavy (non-hydrogen) atoms. The van der Waals surface area contributed by atoms with Crippen LogP contribution in [0.2, 0.25) is 0 Å². The third-order valence-corrected chi connectivity index (χ3v) is 6.46. The molecule has 1 aliphatic heterocycles. The Morgan fingerprint density at radius 3 is 2.69 bits per heavy atom. The number of benzene rings is 1. The zero-order valence-electron chi connectivity index (χ0n) is 18.7. The SMILES string of the molecule is CCCn1ncc(CN2CCCC2Cn2c(C(F)(F)F)cc(=O)c3cc(C)ccc32)c1C. The van der Waals surface area contributed by atoms with Crippen molar-refractivity contribution in [3.05, 3.63) is 63.2 Å². The normalized spacial score (nSPS) is 17.5. The molecule has 1 fully saturated rings. The molecule has 0 spiro atoms. The minimum absolute atomic E-state index is 0.0444. The number of rotatable bonds is 6. The number of aromatic nitrogens is 3. The Hall–Kier alpha value is -2.61. The Morgan fingerprint density at radius 1 is 1.19 bits per heavy atom. The van der Waals surface area contributed by atoms with E-state index in [9.17, 15) is 18.0 Å². The second kappa shape index (κ2) is 8.73. The number of halogens is 3. The molecule has 1 unspecified atom stereocenters. The van der Waals surface area contributed by atoms with Crippen molar-refractivity contribution in [3.63, 3.8) is 0 Å². The third-order valence-electron chi connectivity index (χ3n) is 6.46. The molecule has 4 rings (SSSR count). The summed E-state index contributed by atoms with van der Waals surface area (Å²) in [6, 6.07) is 5.78. The van der Waals surface area contributed by atoms with Crippen LogP contribution in [0, 0.1) is 13.8 Å². The van der Waals surface area contributed by atoms with Crippen molar-refractivity contribution in [3.8, 4) is 0 Å². The van der Waals surface area contributed by atoms with Crippen LogP contribution in [0.15, 0.2) is 35.3 Å². The number of hydrogen-bond donors (Lipinski definition) is 0. The van der Waals surface area contributed by atoms with Gasteiger partial charge in [-0.2, -0.15) is 18.3 Å². The molecule has 1 atom stereocenters. The van der Waals surface area contributed by atoms with Crippen LogP contribution < -0.4 is 5.43 Å². The summed E-state index contributed by atoms with van der Waals surface area (Å²) in [5.74, 6) is 0. The van der Waals surface area contributed by atoms with Gasteiger partial charge in [-0.1, -0.05) is 18.6 Å². The van der Waals surface area contributed by atoms with E-state index < -0.39 is 17.3 Å². The van der Waals surface area contributed by atoms with Crippen molar-refractivity contribution >= 4 is 10.9 Å². The van der Waals surface area contributed by atoms with Gasteiger partial charge in [-0.3, -0.25) is 14.4 Å². The lowest BCUT2D eigenvalue weighted by atomic mass is 10.1. The van der Waals surface area contributed by atoms with E-state index in [-0.39, 0.29) is 12.6 Å². The maximum Gasteiger partial charge on any atom is 0.431 e. The van der Waals surface area contributed by atoms with E-state index in [0.29, 0.717) is 17.4 Å². The fourth-order valence-corrected chi connectivity index (χ4v) is 4.74. The van der Waals surface area contributed by atoms with Gasteiger partial charge < -0.3 is 4.57 Å². The summed E-state index contributed by atoms with van der Waals surface area (Å²) >= 11 is 0. The maximum absolute atomic E-state index is 13.9. The van der Waals surface area contributed by atoms with E-state index >= 15 is 0 Å². The molecule has 0 amide bonds. The predicted molar refractivity (Wildman–Crippen MR) is 119 cm³/mol. The highest BCUT2D eigenvalue weighted by molar-refractivity contribution is 5.80. The van der Waals surface area contributed by atoms with Gasteiger partial charge >= 0.3 is 6.18 Å². The van der Waals surface area contributed by atoms with E-state index in [1.54, 1.807) is 18.2 Å². The van der Waals surface area contributed by atoms with Crippen LogP contribution >= 0.6 is 0 Å². The number of likely N-dealkylation sites (tertiary alicyclic amines) is 1. The van der Waals surface area contributed by atoms with Crippen molar-refractivity contribution in [1.82, 2.24) is 19.2 Å². The molecule has 3 aromatic rings. The average molecular weight is 447 g/mol. The van der Waals surface area contributed by atoms with Gasteiger partial charge in [0, 0.05) is 48.4 Å². The molecule has 0 saturated carbocycles. The molecule has 3 heterocycles. The molecule has 1 aliphatic rings. The highest BCUT2D eigenvalue weighted by Crippen LogP contribution is 2.32. The van der Waals surface area contributed by atoms with Crippen molar-refractivity contribution in [1.29, 1.82) is 0 Å². The number of pyridine rings is 1. The first kappa shape index (κ1) is 22.6. The highest BCUT2D eigenvalue weighted by atomic mass is 19.4. The fourth-order valence-electron chi connectivity index (χ4n) is 4.74. The third kappa shape index (κ3) is 4.33. The maximum atomic E-state index is 13.9. The van der Waals surface area contributed by atoms with Gasteiger partial charge in [-0.15, -0.1) is 0 Å². The van der Waals surface area contributed by atoms with Crippen LogP contribution in [-0.4, -0.2) is 31.8 Å². The molecule has 0 bridgehead atoms. The molecule has 1 aromatic carbocycles. The quantitative estimate of drug-likeness (QED) is 0.541. The Morgan fingerprint density at radius 2 is 1.97 bits per heavy atom. The fraction of sp³-hybridized carbons (Fsp3) is 0.500. The minimum Gasteiger partial charge on any atom is -0.335 e. The Kier molecular flexibility index (Phi) is 6.16. The van der Waals surface area contributed by atoms with Crippen LogP contribution in [0.3, 0.4) is 0 Å². The Bertz CT molecular complexity index is 1180.